The van der Waals surface area contributed by atoms with Gasteiger partial charge in [0.05, 0.1) is 0 Å². The third-order valence-electron chi connectivity index (χ3n) is 5.58. The monoisotopic (exact) mass is 407 g/mol. The summed E-state index contributed by atoms with van der Waals surface area (Å²) in [5.41, 5.74) is 2.07. The van der Waals surface area contributed by atoms with Crippen LogP contribution in [0.4, 0.5) is 0 Å². The standard InChI is InChI=1S/C25H33N3O2/c1-3-27-14-16-28(17-15-27)21(2)19-26-25(29)13-12-22-10-7-11-24(18-22)30-20-23-8-5-4-6-9-23/h4-13,18,21H,3,14-17,19-20H2,1-2H3,(H,26,29)/b13-12+. The Morgan fingerprint density at radius 1 is 1.10 bits per heavy atom. The lowest BCUT2D eigenvalue weighted by Crippen LogP contribution is -2.52. The fourth-order valence-electron chi connectivity index (χ4n) is 3.58. The van der Waals surface area contributed by atoms with E-state index in [4.69, 9.17) is 4.74 Å². The molecule has 0 spiro atoms. The number of carbonyl (C=O) groups is 1. The van der Waals surface area contributed by atoms with Crippen LogP contribution in [0.2, 0.25) is 0 Å². The molecule has 5 heteroatoms. The van der Waals surface area contributed by atoms with E-state index in [-0.39, 0.29) is 5.91 Å². The van der Waals surface area contributed by atoms with Crippen molar-refractivity contribution in [2.45, 2.75) is 26.5 Å². The fraction of sp³-hybridized carbons (Fsp3) is 0.400. The predicted molar refractivity (Wildman–Crippen MR) is 122 cm³/mol. The van der Waals surface area contributed by atoms with E-state index in [1.165, 1.54) is 0 Å². The molecule has 160 valence electrons. The van der Waals surface area contributed by atoms with Gasteiger partial charge in [0.15, 0.2) is 0 Å². The maximum absolute atomic E-state index is 12.2. The van der Waals surface area contributed by atoms with Gasteiger partial charge in [-0.15, -0.1) is 0 Å². The highest BCUT2D eigenvalue weighted by Gasteiger charge is 2.20. The molecule has 1 aliphatic heterocycles. The summed E-state index contributed by atoms with van der Waals surface area (Å²) in [5.74, 6) is 0.728. The third-order valence-corrected chi connectivity index (χ3v) is 5.58. The molecule has 1 atom stereocenters. The third kappa shape index (κ3) is 7.01. The van der Waals surface area contributed by atoms with Crippen molar-refractivity contribution in [3.05, 3.63) is 71.8 Å². The Labute approximate surface area is 180 Å². The van der Waals surface area contributed by atoms with Crippen LogP contribution in [0.15, 0.2) is 60.7 Å². The Balaban J connectivity index is 1.43. The van der Waals surface area contributed by atoms with Crippen LogP contribution in [-0.4, -0.2) is 61.0 Å². The summed E-state index contributed by atoms with van der Waals surface area (Å²) in [6.07, 6.45) is 3.42. The van der Waals surface area contributed by atoms with Crippen molar-refractivity contribution < 1.29 is 9.53 Å². The molecule has 0 radical (unpaired) electrons. The zero-order valence-corrected chi connectivity index (χ0v) is 18.1. The van der Waals surface area contributed by atoms with Crippen LogP contribution < -0.4 is 10.1 Å². The number of ether oxygens (including phenoxy) is 1. The Bertz CT molecular complexity index is 814. The molecule has 0 aromatic heterocycles. The van der Waals surface area contributed by atoms with Gasteiger partial charge < -0.3 is 15.0 Å². The predicted octanol–water partition coefficient (Wildman–Crippen LogP) is 3.42. The van der Waals surface area contributed by atoms with Gasteiger partial charge in [-0.05, 0) is 42.8 Å². The highest BCUT2D eigenvalue weighted by Crippen LogP contribution is 2.16. The minimum absolute atomic E-state index is 0.0651. The lowest BCUT2D eigenvalue weighted by atomic mass is 10.2. The quantitative estimate of drug-likeness (QED) is 0.647. The van der Waals surface area contributed by atoms with Crippen molar-refractivity contribution >= 4 is 12.0 Å². The summed E-state index contributed by atoms with van der Waals surface area (Å²) in [7, 11) is 0. The first-order chi connectivity index (χ1) is 14.6. The van der Waals surface area contributed by atoms with Gasteiger partial charge in [-0.2, -0.15) is 0 Å². The lowest BCUT2D eigenvalue weighted by molar-refractivity contribution is -0.116. The Morgan fingerprint density at radius 3 is 2.60 bits per heavy atom. The molecule has 1 amide bonds. The van der Waals surface area contributed by atoms with Crippen LogP contribution in [0.5, 0.6) is 5.75 Å². The molecule has 5 nitrogen and oxygen atoms in total. The second-order valence-corrected chi connectivity index (χ2v) is 7.74. The summed E-state index contributed by atoms with van der Waals surface area (Å²) in [4.78, 5) is 17.2. The molecule has 1 aliphatic rings. The number of benzene rings is 2. The van der Waals surface area contributed by atoms with Gasteiger partial charge in [0, 0.05) is 44.8 Å². The zero-order chi connectivity index (χ0) is 21.2. The Kier molecular flexibility index (Phi) is 8.48. The first kappa shape index (κ1) is 22.1. The van der Waals surface area contributed by atoms with E-state index in [2.05, 4.69) is 29.0 Å². The molecule has 0 aliphatic carbocycles. The normalized spacial score (nSPS) is 16.5. The number of nitrogens with one attached hydrogen (secondary N) is 1. The summed E-state index contributed by atoms with van der Waals surface area (Å²) in [5, 5.41) is 3.02. The lowest BCUT2D eigenvalue weighted by Gasteiger charge is -2.37. The molecule has 2 aromatic carbocycles. The van der Waals surface area contributed by atoms with E-state index in [1.807, 2.05) is 60.7 Å². The Morgan fingerprint density at radius 2 is 1.87 bits per heavy atom. The summed E-state index contributed by atoms with van der Waals surface area (Å²) < 4.78 is 5.86. The molecule has 0 bridgehead atoms. The Hall–Kier alpha value is -2.63. The van der Waals surface area contributed by atoms with Crippen molar-refractivity contribution in [1.82, 2.24) is 15.1 Å². The first-order valence-corrected chi connectivity index (χ1v) is 10.8. The van der Waals surface area contributed by atoms with Crippen molar-refractivity contribution in [2.24, 2.45) is 0 Å². The fourth-order valence-corrected chi connectivity index (χ4v) is 3.58. The summed E-state index contributed by atoms with van der Waals surface area (Å²) in [6, 6.07) is 18.2. The average molecular weight is 408 g/mol. The summed E-state index contributed by atoms with van der Waals surface area (Å²) >= 11 is 0. The number of likely N-dealkylation sites (N-methyl/N-ethyl adjacent to an activating group) is 1. The van der Waals surface area contributed by atoms with Crippen LogP contribution in [0.3, 0.4) is 0 Å². The van der Waals surface area contributed by atoms with Gasteiger partial charge in [0.1, 0.15) is 12.4 Å². The topological polar surface area (TPSA) is 44.8 Å². The van der Waals surface area contributed by atoms with Crippen molar-refractivity contribution in [3.63, 3.8) is 0 Å². The number of rotatable bonds is 9. The minimum Gasteiger partial charge on any atom is -0.489 e. The molecule has 1 saturated heterocycles. The number of carbonyl (C=O) groups excluding carboxylic acids is 1. The van der Waals surface area contributed by atoms with E-state index in [1.54, 1.807) is 6.08 Å². The van der Waals surface area contributed by atoms with E-state index in [9.17, 15) is 4.79 Å². The van der Waals surface area contributed by atoms with Crippen LogP contribution in [0.1, 0.15) is 25.0 Å². The van der Waals surface area contributed by atoms with Crippen LogP contribution in [-0.2, 0) is 11.4 Å². The molecular weight excluding hydrogens is 374 g/mol. The maximum Gasteiger partial charge on any atom is 0.244 e. The van der Waals surface area contributed by atoms with Crippen LogP contribution in [0, 0.1) is 0 Å². The number of nitrogens with zero attached hydrogens (tertiary/aromatic N) is 2. The number of hydrogen-bond acceptors (Lipinski definition) is 4. The molecule has 2 aromatic rings. The average Bonchev–Trinajstić information content (AvgIpc) is 2.81. The molecule has 1 fully saturated rings. The summed E-state index contributed by atoms with van der Waals surface area (Å²) in [6.45, 7) is 11.0. The number of piperazine rings is 1. The highest BCUT2D eigenvalue weighted by molar-refractivity contribution is 5.91. The zero-order valence-electron chi connectivity index (χ0n) is 18.1. The minimum atomic E-state index is -0.0651. The van der Waals surface area contributed by atoms with Crippen LogP contribution in [0.25, 0.3) is 6.08 Å². The van der Waals surface area contributed by atoms with E-state index >= 15 is 0 Å². The van der Waals surface area contributed by atoms with Gasteiger partial charge in [-0.25, -0.2) is 0 Å². The molecule has 3 rings (SSSR count). The van der Waals surface area contributed by atoms with Gasteiger partial charge in [0.25, 0.3) is 0 Å². The van der Waals surface area contributed by atoms with Crippen molar-refractivity contribution in [3.8, 4) is 5.75 Å². The molecule has 0 saturated carbocycles. The second kappa shape index (κ2) is 11.5. The van der Waals surface area contributed by atoms with Gasteiger partial charge >= 0.3 is 0 Å². The van der Waals surface area contributed by atoms with Gasteiger partial charge in [-0.1, -0.05) is 49.4 Å². The number of hydrogen-bond donors (Lipinski definition) is 1. The van der Waals surface area contributed by atoms with Gasteiger partial charge in [-0.3, -0.25) is 9.69 Å². The maximum atomic E-state index is 12.2. The van der Waals surface area contributed by atoms with Crippen molar-refractivity contribution in [2.75, 3.05) is 39.3 Å². The molecule has 1 unspecified atom stereocenters. The molecule has 1 N–H and O–H groups in total. The van der Waals surface area contributed by atoms with Gasteiger partial charge in [0.2, 0.25) is 5.91 Å². The smallest absolute Gasteiger partial charge is 0.244 e. The van der Waals surface area contributed by atoms with E-state index in [0.717, 1.165) is 49.6 Å². The second-order valence-electron chi connectivity index (χ2n) is 7.74. The number of amides is 1. The SMILES string of the molecule is CCN1CCN(C(C)CNC(=O)/C=C/c2cccc(OCc3ccccc3)c2)CC1. The molecule has 30 heavy (non-hydrogen) atoms. The molecular formula is C25H33N3O2. The van der Waals surface area contributed by atoms with E-state index < -0.39 is 0 Å². The highest BCUT2D eigenvalue weighted by atomic mass is 16.5. The molecule has 1 heterocycles. The van der Waals surface area contributed by atoms with Crippen molar-refractivity contribution in [1.29, 1.82) is 0 Å². The first-order valence-electron chi connectivity index (χ1n) is 10.8. The largest absolute Gasteiger partial charge is 0.489 e. The van der Waals surface area contributed by atoms with Crippen LogP contribution >= 0.6 is 0 Å². The van der Waals surface area contributed by atoms with E-state index in [0.29, 0.717) is 19.2 Å².